The number of carboxylic acid groups (broad SMARTS) is 1. The molecular weight excluding hydrogens is 200 g/mol. The van der Waals surface area contributed by atoms with Gasteiger partial charge in [-0.2, -0.15) is 0 Å². The first kappa shape index (κ1) is 11.1. The van der Waals surface area contributed by atoms with Crippen molar-refractivity contribution < 1.29 is 9.90 Å². The Kier molecular flexibility index (Phi) is 2.92. The second-order valence-corrected chi connectivity index (χ2v) is 4.66. The van der Waals surface area contributed by atoms with Crippen LogP contribution in [0.3, 0.4) is 0 Å². The predicted octanol–water partition coefficient (Wildman–Crippen LogP) is 1.14. The molecule has 0 amide bonds. The van der Waals surface area contributed by atoms with Gasteiger partial charge in [0.25, 0.3) is 0 Å². The Balaban J connectivity index is 3.07. The van der Waals surface area contributed by atoms with Crippen molar-refractivity contribution in [3.05, 3.63) is 16.1 Å². The number of hydrogen-bond acceptors (Lipinski definition) is 4. The molecule has 14 heavy (non-hydrogen) atoms. The summed E-state index contributed by atoms with van der Waals surface area (Å²) in [6.45, 7) is 5.51. The Morgan fingerprint density at radius 2 is 2.29 bits per heavy atom. The van der Waals surface area contributed by atoms with Gasteiger partial charge < -0.3 is 10.8 Å². The van der Waals surface area contributed by atoms with E-state index in [9.17, 15) is 4.79 Å². The van der Waals surface area contributed by atoms with E-state index in [0.29, 0.717) is 0 Å². The molecule has 4 nitrogen and oxygen atoms in total. The highest BCUT2D eigenvalue weighted by Crippen LogP contribution is 2.31. The summed E-state index contributed by atoms with van der Waals surface area (Å²) in [5.41, 5.74) is 7.63. The van der Waals surface area contributed by atoms with Crippen molar-refractivity contribution in [2.45, 2.75) is 32.2 Å². The van der Waals surface area contributed by atoms with Gasteiger partial charge in [0.1, 0.15) is 6.04 Å². The number of carbonyl (C=O) groups is 1. The van der Waals surface area contributed by atoms with Crippen LogP contribution < -0.4 is 5.73 Å². The number of aromatic nitrogens is 1. The maximum atomic E-state index is 10.8. The third-order valence-corrected chi connectivity index (χ3v) is 3.64. The van der Waals surface area contributed by atoms with Gasteiger partial charge >= 0.3 is 5.97 Å². The van der Waals surface area contributed by atoms with Crippen molar-refractivity contribution in [3.63, 3.8) is 0 Å². The Labute approximate surface area is 86.8 Å². The molecular formula is C9H14N2O2S. The fraction of sp³-hybridized carbons (Fsp3) is 0.556. The topological polar surface area (TPSA) is 76.2 Å². The number of aryl methyl sites for hydroxylation is 1. The molecule has 5 heteroatoms. The maximum Gasteiger partial charge on any atom is 0.321 e. The first-order valence-corrected chi connectivity index (χ1v) is 5.14. The van der Waals surface area contributed by atoms with Crippen molar-refractivity contribution in [1.29, 1.82) is 0 Å². The number of thiazole rings is 1. The van der Waals surface area contributed by atoms with Crippen LogP contribution in [0.2, 0.25) is 0 Å². The summed E-state index contributed by atoms with van der Waals surface area (Å²) < 4.78 is 0. The fourth-order valence-corrected chi connectivity index (χ4v) is 2.34. The molecule has 1 unspecified atom stereocenters. The summed E-state index contributed by atoms with van der Waals surface area (Å²) >= 11 is 1.45. The van der Waals surface area contributed by atoms with Crippen LogP contribution in [-0.4, -0.2) is 22.1 Å². The van der Waals surface area contributed by atoms with Crippen LogP contribution in [0.4, 0.5) is 0 Å². The molecule has 0 spiro atoms. The zero-order valence-electron chi connectivity index (χ0n) is 8.44. The first-order valence-electron chi connectivity index (χ1n) is 4.26. The van der Waals surface area contributed by atoms with Crippen LogP contribution in [0.15, 0.2) is 5.51 Å². The molecule has 0 saturated carbocycles. The molecule has 0 fully saturated rings. The highest BCUT2D eigenvalue weighted by Gasteiger charge is 2.36. The van der Waals surface area contributed by atoms with Gasteiger partial charge in [-0.3, -0.25) is 4.79 Å². The molecule has 78 valence electrons. The standard InChI is InChI=1S/C9H14N2O2S/c1-5-7(14-4-11-5)9(2,3)6(10)8(12)13/h4,6H,10H2,1-3H3,(H,12,13). The Morgan fingerprint density at radius 3 is 2.64 bits per heavy atom. The molecule has 3 N–H and O–H groups in total. The molecule has 0 radical (unpaired) electrons. The van der Waals surface area contributed by atoms with Crippen LogP contribution in [-0.2, 0) is 10.2 Å². The lowest BCUT2D eigenvalue weighted by Gasteiger charge is -2.27. The van der Waals surface area contributed by atoms with Gasteiger partial charge in [-0.1, -0.05) is 13.8 Å². The zero-order valence-corrected chi connectivity index (χ0v) is 9.26. The van der Waals surface area contributed by atoms with E-state index in [1.54, 1.807) is 5.51 Å². The van der Waals surface area contributed by atoms with E-state index in [-0.39, 0.29) is 0 Å². The minimum Gasteiger partial charge on any atom is -0.480 e. The summed E-state index contributed by atoms with van der Waals surface area (Å²) in [6.07, 6.45) is 0. The fourth-order valence-electron chi connectivity index (χ4n) is 1.37. The second-order valence-electron chi connectivity index (χ2n) is 3.80. The van der Waals surface area contributed by atoms with E-state index in [1.807, 2.05) is 20.8 Å². The number of nitrogens with two attached hydrogens (primary N) is 1. The minimum absolute atomic E-state index is 0.572. The molecule has 1 rings (SSSR count). The van der Waals surface area contributed by atoms with Crippen LogP contribution in [0.5, 0.6) is 0 Å². The summed E-state index contributed by atoms with van der Waals surface area (Å²) in [4.78, 5) is 15.8. The molecule has 0 saturated heterocycles. The average Bonchev–Trinajstić information content (AvgIpc) is 2.50. The number of aliphatic carboxylic acids is 1. The summed E-state index contributed by atoms with van der Waals surface area (Å²) in [5.74, 6) is -0.984. The summed E-state index contributed by atoms with van der Waals surface area (Å²) in [6, 6.07) is -0.901. The molecule has 0 aliphatic rings. The lowest BCUT2D eigenvalue weighted by Crippen LogP contribution is -2.46. The van der Waals surface area contributed by atoms with Crippen molar-refractivity contribution >= 4 is 17.3 Å². The van der Waals surface area contributed by atoms with E-state index in [2.05, 4.69) is 4.98 Å². The van der Waals surface area contributed by atoms with Gasteiger partial charge in [0, 0.05) is 10.3 Å². The molecule has 0 aliphatic carbocycles. The quantitative estimate of drug-likeness (QED) is 0.791. The summed E-state index contributed by atoms with van der Waals surface area (Å²) in [7, 11) is 0. The number of rotatable bonds is 3. The van der Waals surface area contributed by atoms with E-state index < -0.39 is 17.4 Å². The molecule has 0 bridgehead atoms. The van der Waals surface area contributed by atoms with Crippen LogP contribution in [0.25, 0.3) is 0 Å². The van der Waals surface area contributed by atoms with E-state index in [1.165, 1.54) is 11.3 Å². The van der Waals surface area contributed by atoms with Gasteiger partial charge in [-0.05, 0) is 6.92 Å². The monoisotopic (exact) mass is 214 g/mol. The minimum atomic E-state index is -0.984. The van der Waals surface area contributed by atoms with Crippen molar-refractivity contribution in [2.75, 3.05) is 0 Å². The van der Waals surface area contributed by atoms with Crippen LogP contribution in [0, 0.1) is 6.92 Å². The lowest BCUT2D eigenvalue weighted by molar-refractivity contribution is -0.140. The highest BCUT2D eigenvalue weighted by atomic mass is 32.1. The van der Waals surface area contributed by atoms with Crippen molar-refractivity contribution in [2.24, 2.45) is 5.73 Å². The molecule has 1 aromatic rings. The second kappa shape index (κ2) is 3.67. The van der Waals surface area contributed by atoms with Gasteiger partial charge in [0.05, 0.1) is 11.2 Å². The van der Waals surface area contributed by atoms with Gasteiger partial charge in [-0.15, -0.1) is 11.3 Å². The first-order chi connectivity index (χ1) is 6.37. The number of nitrogens with zero attached hydrogens (tertiary/aromatic N) is 1. The summed E-state index contributed by atoms with van der Waals surface area (Å²) in [5, 5.41) is 8.87. The molecule has 0 aliphatic heterocycles. The molecule has 1 heterocycles. The SMILES string of the molecule is Cc1ncsc1C(C)(C)C(N)C(=O)O. The van der Waals surface area contributed by atoms with E-state index in [4.69, 9.17) is 10.8 Å². The smallest absolute Gasteiger partial charge is 0.321 e. The molecule has 0 aromatic carbocycles. The predicted molar refractivity (Wildman–Crippen MR) is 55.5 cm³/mol. The van der Waals surface area contributed by atoms with E-state index in [0.717, 1.165) is 10.6 Å². The van der Waals surface area contributed by atoms with Gasteiger partial charge in [-0.25, -0.2) is 4.98 Å². The highest BCUT2D eigenvalue weighted by molar-refractivity contribution is 7.09. The number of carboxylic acids is 1. The van der Waals surface area contributed by atoms with Crippen molar-refractivity contribution in [1.82, 2.24) is 4.98 Å². The average molecular weight is 214 g/mol. The third kappa shape index (κ3) is 1.78. The third-order valence-electron chi connectivity index (χ3n) is 2.37. The molecule has 1 atom stereocenters. The molecule has 1 aromatic heterocycles. The van der Waals surface area contributed by atoms with Crippen LogP contribution in [0.1, 0.15) is 24.4 Å². The maximum absolute atomic E-state index is 10.8. The lowest BCUT2D eigenvalue weighted by atomic mass is 9.82. The van der Waals surface area contributed by atoms with Gasteiger partial charge in [0.2, 0.25) is 0 Å². The Hall–Kier alpha value is -0.940. The van der Waals surface area contributed by atoms with Crippen molar-refractivity contribution in [3.8, 4) is 0 Å². The van der Waals surface area contributed by atoms with Crippen LogP contribution >= 0.6 is 11.3 Å². The Bertz CT molecular complexity index is 346. The number of hydrogen-bond donors (Lipinski definition) is 2. The normalized spacial score (nSPS) is 14.0. The largest absolute Gasteiger partial charge is 0.480 e. The Morgan fingerprint density at radius 1 is 1.71 bits per heavy atom. The van der Waals surface area contributed by atoms with E-state index >= 15 is 0 Å². The van der Waals surface area contributed by atoms with Gasteiger partial charge in [0.15, 0.2) is 0 Å². The zero-order chi connectivity index (χ0) is 10.9.